The summed E-state index contributed by atoms with van der Waals surface area (Å²) in [4.78, 5) is 44.2. The summed E-state index contributed by atoms with van der Waals surface area (Å²) in [6.07, 6.45) is -0.122. The van der Waals surface area contributed by atoms with Crippen LogP contribution in [0, 0.1) is 0 Å². The molecule has 7 nitrogen and oxygen atoms in total. The largest absolute Gasteiger partial charge is 0.461 e. The number of hydrogen-bond donors (Lipinski definition) is 1. The summed E-state index contributed by atoms with van der Waals surface area (Å²) in [6.45, 7) is 1.13. The zero-order chi connectivity index (χ0) is 31.8. The summed E-state index contributed by atoms with van der Waals surface area (Å²) >= 11 is 1.39. The lowest BCUT2D eigenvalue weighted by Crippen LogP contribution is -2.38. The second kappa shape index (κ2) is 14.3. The minimum Gasteiger partial charge on any atom is -0.461 e. The van der Waals surface area contributed by atoms with Crippen molar-refractivity contribution in [2.24, 2.45) is 0 Å². The molecule has 0 unspecified atom stereocenters. The Kier molecular flexibility index (Phi) is 10.1. The van der Waals surface area contributed by atoms with Crippen LogP contribution in [-0.4, -0.2) is 53.9 Å². The highest BCUT2D eigenvalue weighted by Crippen LogP contribution is 2.34. The van der Waals surface area contributed by atoms with Gasteiger partial charge in [-0.3, -0.25) is 9.59 Å². The van der Waals surface area contributed by atoms with Gasteiger partial charge in [-0.2, -0.15) is 13.2 Å². The maximum absolute atomic E-state index is 13.5. The molecule has 3 aromatic carbocycles. The summed E-state index contributed by atoms with van der Waals surface area (Å²) in [5, 5.41) is 5.22. The first-order chi connectivity index (χ1) is 21.7. The van der Waals surface area contributed by atoms with Crippen molar-refractivity contribution in [3.05, 3.63) is 118 Å². The molecule has 1 saturated heterocycles. The Morgan fingerprint density at radius 3 is 2.36 bits per heavy atom. The molecule has 1 fully saturated rings. The first-order valence-corrected chi connectivity index (χ1v) is 15.3. The van der Waals surface area contributed by atoms with E-state index in [4.69, 9.17) is 4.74 Å². The van der Waals surface area contributed by atoms with Crippen LogP contribution in [0.4, 0.5) is 13.2 Å². The number of ether oxygens (including phenoxy) is 1. The third-order valence-electron chi connectivity index (χ3n) is 7.41. The zero-order valence-corrected chi connectivity index (χ0v) is 24.9. The molecule has 2 amide bonds. The van der Waals surface area contributed by atoms with E-state index >= 15 is 0 Å². The summed E-state index contributed by atoms with van der Waals surface area (Å²) in [5.41, 5.74) is 1.96. The number of halogens is 3. The van der Waals surface area contributed by atoms with E-state index in [9.17, 15) is 27.6 Å². The first kappa shape index (κ1) is 31.6. The lowest BCUT2D eigenvalue weighted by Gasteiger charge is -2.31. The fourth-order valence-electron chi connectivity index (χ4n) is 5.02. The van der Waals surface area contributed by atoms with Gasteiger partial charge in [0, 0.05) is 36.0 Å². The van der Waals surface area contributed by atoms with Gasteiger partial charge in [0.15, 0.2) is 0 Å². The number of nitrogens with one attached hydrogen (secondary N) is 1. The van der Waals surface area contributed by atoms with Crippen LogP contribution >= 0.6 is 11.3 Å². The predicted octanol–water partition coefficient (Wildman–Crippen LogP) is 6.84. The molecule has 1 aliphatic heterocycles. The number of thiazole rings is 1. The number of esters is 1. The highest BCUT2D eigenvalue weighted by atomic mass is 32.1. The second-order valence-corrected chi connectivity index (χ2v) is 11.3. The number of carbonyl (C=O) groups excluding carboxylic acids is 3. The van der Waals surface area contributed by atoms with Gasteiger partial charge in [0.05, 0.1) is 17.1 Å². The topological polar surface area (TPSA) is 88.6 Å². The highest BCUT2D eigenvalue weighted by Gasteiger charge is 2.31. The Hall–Kier alpha value is -4.77. The predicted molar refractivity (Wildman–Crippen MR) is 166 cm³/mol. The Morgan fingerprint density at radius 2 is 1.64 bits per heavy atom. The van der Waals surface area contributed by atoms with Gasteiger partial charge in [-0.15, -0.1) is 11.3 Å². The van der Waals surface area contributed by atoms with Crippen molar-refractivity contribution in [1.82, 2.24) is 15.2 Å². The van der Waals surface area contributed by atoms with Gasteiger partial charge >= 0.3 is 12.1 Å². The van der Waals surface area contributed by atoms with Gasteiger partial charge in [0.1, 0.15) is 12.3 Å². The fourth-order valence-corrected chi connectivity index (χ4v) is 5.99. The van der Waals surface area contributed by atoms with Crippen LogP contribution in [0.15, 0.2) is 90.3 Å². The van der Waals surface area contributed by atoms with Crippen LogP contribution in [0.1, 0.15) is 55.7 Å². The van der Waals surface area contributed by atoms with E-state index in [1.54, 1.807) is 40.6 Å². The Labute approximate surface area is 262 Å². The highest BCUT2D eigenvalue weighted by molar-refractivity contribution is 7.09. The van der Waals surface area contributed by atoms with Crippen LogP contribution in [0.5, 0.6) is 0 Å². The van der Waals surface area contributed by atoms with Gasteiger partial charge < -0.3 is 15.0 Å². The number of aromatic nitrogens is 1. The summed E-state index contributed by atoms with van der Waals surface area (Å²) in [5.74, 6) is -0.958. The maximum atomic E-state index is 13.5. The quantitative estimate of drug-likeness (QED) is 0.124. The number of alkyl halides is 3. The Bertz CT molecular complexity index is 1660. The van der Waals surface area contributed by atoms with Crippen LogP contribution in [0.3, 0.4) is 0 Å². The van der Waals surface area contributed by atoms with Gasteiger partial charge in [-0.25, -0.2) is 9.78 Å². The number of piperidine rings is 1. The number of benzene rings is 3. The third-order valence-corrected chi connectivity index (χ3v) is 8.42. The monoisotopic (exact) mass is 633 g/mol. The molecule has 1 aliphatic rings. The molecule has 11 heteroatoms. The van der Waals surface area contributed by atoms with Crippen molar-refractivity contribution >= 4 is 35.2 Å². The van der Waals surface area contributed by atoms with E-state index in [1.807, 2.05) is 30.3 Å². The number of nitrogens with zero attached hydrogens (tertiary/aromatic N) is 2. The van der Waals surface area contributed by atoms with Crippen molar-refractivity contribution in [2.75, 3.05) is 26.2 Å². The number of amides is 2. The van der Waals surface area contributed by atoms with Gasteiger partial charge in [-0.05, 0) is 53.8 Å². The average molecular weight is 634 g/mol. The van der Waals surface area contributed by atoms with Gasteiger partial charge in [-0.1, -0.05) is 60.7 Å². The minimum absolute atomic E-state index is 0.0230. The Balaban J connectivity index is 1.10. The van der Waals surface area contributed by atoms with Crippen molar-refractivity contribution in [2.45, 2.75) is 24.9 Å². The van der Waals surface area contributed by atoms with Crippen LogP contribution < -0.4 is 5.32 Å². The van der Waals surface area contributed by atoms with Crippen molar-refractivity contribution in [1.29, 1.82) is 0 Å². The number of rotatable bonds is 9. The molecule has 5 rings (SSSR count). The first-order valence-electron chi connectivity index (χ1n) is 14.4. The van der Waals surface area contributed by atoms with E-state index in [0.717, 1.165) is 22.7 Å². The summed E-state index contributed by atoms with van der Waals surface area (Å²) in [7, 11) is 0. The molecule has 0 aliphatic carbocycles. The second-order valence-electron chi connectivity index (χ2n) is 10.4. The number of likely N-dealkylation sites (tertiary alicyclic amines) is 1. The molecule has 0 radical (unpaired) electrons. The van der Waals surface area contributed by atoms with Crippen LogP contribution in [0.25, 0.3) is 17.2 Å². The lowest BCUT2D eigenvalue weighted by molar-refractivity contribution is -0.138. The molecule has 0 saturated carbocycles. The maximum Gasteiger partial charge on any atom is 0.416 e. The van der Waals surface area contributed by atoms with E-state index in [-0.39, 0.29) is 36.6 Å². The molecule has 0 atom stereocenters. The number of carbonyl (C=O) groups is 3. The zero-order valence-electron chi connectivity index (χ0n) is 24.1. The van der Waals surface area contributed by atoms with E-state index in [2.05, 4.69) is 10.3 Å². The third kappa shape index (κ3) is 8.24. The van der Waals surface area contributed by atoms with Gasteiger partial charge in [0.2, 0.25) is 0 Å². The van der Waals surface area contributed by atoms with Crippen molar-refractivity contribution < 1.29 is 32.3 Å². The summed E-state index contributed by atoms with van der Waals surface area (Å²) < 4.78 is 44.2. The average Bonchev–Trinajstić information content (AvgIpc) is 3.56. The standard InChI is InChI=1S/C34H30F3N3O4S/c35-34(36,37)26-13-11-24(12-14-26)27-8-4-5-9-28(27)33(43)40-19-16-25(17-20-40)32-39-29(22-45-32)31(42)38-18-21-44-30(41)15-10-23-6-2-1-3-7-23/h1-15,22,25H,16-21H2,(H,38,42). The normalized spacial score (nSPS) is 14.0. The fraction of sp³-hybridized carbons (Fsp3) is 0.235. The lowest BCUT2D eigenvalue weighted by atomic mass is 9.94. The van der Waals surface area contributed by atoms with Crippen LogP contribution in [-0.2, 0) is 15.7 Å². The van der Waals surface area contributed by atoms with Gasteiger partial charge in [0.25, 0.3) is 11.8 Å². The SMILES string of the molecule is O=C(C=Cc1ccccc1)OCCNC(=O)c1csc(C2CCN(C(=O)c3ccccc3-c3ccc(C(F)(F)F)cc3)CC2)n1. The molecule has 45 heavy (non-hydrogen) atoms. The number of hydrogen-bond acceptors (Lipinski definition) is 6. The molecule has 1 N–H and O–H groups in total. The molecule has 1 aromatic heterocycles. The van der Waals surface area contributed by atoms with E-state index in [0.29, 0.717) is 42.6 Å². The molecule has 232 valence electrons. The smallest absolute Gasteiger partial charge is 0.416 e. The van der Waals surface area contributed by atoms with Crippen LogP contribution in [0.2, 0.25) is 0 Å². The molecular weight excluding hydrogens is 603 g/mol. The molecule has 0 spiro atoms. The van der Waals surface area contributed by atoms with Crippen molar-refractivity contribution in [3.8, 4) is 11.1 Å². The van der Waals surface area contributed by atoms with Crippen molar-refractivity contribution in [3.63, 3.8) is 0 Å². The minimum atomic E-state index is -4.43. The summed E-state index contributed by atoms with van der Waals surface area (Å²) in [6, 6.07) is 21.1. The molecule has 2 heterocycles. The van der Waals surface area contributed by atoms with E-state index < -0.39 is 17.7 Å². The Morgan fingerprint density at radius 1 is 0.956 bits per heavy atom. The molecule has 0 bridgehead atoms. The molecular formula is C34H30F3N3O4S. The molecule has 4 aromatic rings. The van der Waals surface area contributed by atoms with E-state index in [1.165, 1.54) is 29.5 Å².